The Labute approximate surface area is 137 Å². The Kier molecular flexibility index (Phi) is 4.09. The van der Waals surface area contributed by atoms with E-state index in [9.17, 15) is 17.6 Å². The van der Waals surface area contributed by atoms with Gasteiger partial charge in [-0.25, -0.2) is 12.8 Å². The van der Waals surface area contributed by atoms with Crippen LogP contribution < -0.4 is 0 Å². The second kappa shape index (κ2) is 5.75. The van der Waals surface area contributed by atoms with Gasteiger partial charge >= 0.3 is 0 Å². The SMILES string of the molecule is O=C1/C(=C\c2cccc(F)c2)SC(=S)N1[C@@H]1CCS(=O)(=O)C1. The molecule has 4 nitrogen and oxygen atoms in total. The number of hydrogen-bond acceptors (Lipinski definition) is 5. The van der Waals surface area contributed by atoms with Crippen LogP contribution in [0.4, 0.5) is 4.39 Å². The molecule has 0 bridgehead atoms. The fraction of sp³-hybridized carbons (Fsp3) is 0.286. The van der Waals surface area contributed by atoms with Crippen molar-refractivity contribution in [1.82, 2.24) is 4.90 Å². The molecule has 22 heavy (non-hydrogen) atoms. The van der Waals surface area contributed by atoms with E-state index >= 15 is 0 Å². The third kappa shape index (κ3) is 3.09. The number of benzene rings is 1. The molecule has 2 aliphatic rings. The molecule has 2 heterocycles. The lowest BCUT2D eigenvalue weighted by Crippen LogP contribution is -2.39. The van der Waals surface area contributed by atoms with E-state index in [1.54, 1.807) is 18.2 Å². The average molecular weight is 357 g/mol. The number of carbonyl (C=O) groups excluding carboxylic acids is 1. The van der Waals surface area contributed by atoms with Crippen LogP contribution in [0.5, 0.6) is 0 Å². The van der Waals surface area contributed by atoms with Gasteiger partial charge in [-0.1, -0.05) is 36.1 Å². The van der Waals surface area contributed by atoms with Gasteiger partial charge in [0.2, 0.25) is 0 Å². The Morgan fingerprint density at radius 2 is 2.18 bits per heavy atom. The minimum absolute atomic E-state index is 0.0489. The Morgan fingerprint density at radius 1 is 1.41 bits per heavy atom. The molecule has 0 aromatic heterocycles. The van der Waals surface area contributed by atoms with E-state index in [0.717, 1.165) is 11.8 Å². The van der Waals surface area contributed by atoms with Gasteiger partial charge in [0.1, 0.15) is 10.1 Å². The summed E-state index contributed by atoms with van der Waals surface area (Å²) in [5, 5.41) is 0. The molecular formula is C14H12FNO3S3. The lowest BCUT2D eigenvalue weighted by atomic mass is 10.2. The summed E-state index contributed by atoms with van der Waals surface area (Å²) in [6.07, 6.45) is 1.98. The van der Waals surface area contributed by atoms with E-state index in [2.05, 4.69) is 0 Å². The molecule has 1 aromatic rings. The van der Waals surface area contributed by atoms with Crippen molar-refractivity contribution in [3.8, 4) is 0 Å². The number of thiocarbonyl (C=S) groups is 1. The summed E-state index contributed by atoms with van der Waals surface area (Å²) in [6.45, 7) is 0. The molecule has 2 saturated heterocycles. The normalized spacial score (nSPS) is 26.1. The fourth-order valence-corrected chi connectivity index (χ4v) is 5.62. The molecule has 1 atom stereocenters. The quantitative estimate of drug-likeness (QED) is 0.600. The standard InChI is InChI=1S/C14H12FNO3S3/c15-10-3-1-2-9(6-10)7-12-13(17)16(14(20)21-12)11-4-5-22(18,19)8-11/h1-3,6-7,11H,4-5,8H2/b12-7+/t11-/m1/s1. The van der Waals surface area contributed by atoms with E-state index in [-0.39, 0.29) is 23.2 Å². The highest BCUT2D eigenvalue weighted by atomic mass is 32.2. The van der Waals surface area contributed by atoms with Crippen molar-refractivity contribution in [3.63, 3.8) is 0 Å². The summed E-state index contributed by atoms with van der Waals surface area (Å²) < 4.78 is 36.7. The molecule has 0 saturated carbocycles. The number of amides is 1. The third-order valence-corrected chi connectivity index (χ3v) is 6.62. The predicted molar refractivity (Wildman–Crippen MR) is 88.5 cm³/mol. The molecule has 0 unspecified atom stereocenters. The van der Waals surface area contributed by atoms with Crippen LogP contribution in [0.1, 0.15) is 12.0 Å². The molecule has 2 aliphatic heterocycles. The summed E-state index contributed by atoms with van der Waals surface area (Å²) in [5.41, 5.74) is 0.569. The fourth-order valence-electron chi connectivity index (χ4n) is 2.52. The highest BCUT2D eigenvalue weighted by molar-refractivity contribution is 8.26. The summed E-state index contributed by atoms with van der Waals surface area (Å²) in [7, 11) is -3.09. The minimum atomic E-state index is -3.09. The molecule has 0 radical (unpaired) electrons. The first-order valence-electron chi connectivity index (χ1n) is 6.59. The summed E-state index contributed by atoms with van der Waals surface area (Å²) in [5.74, 6) is -0.655. The first-order chi connectivity index (χ1) is 10.4. The maximum absolute atomic E-state index is 13.2. The van der Waals surface area contributed by atoms with Crippen molar-refractivity contribution in [2.45, 2.75) is 12.5 Å². The van der Waals surface area contributed by atoms with Crippen LogP contribution in [0.25, 0.3) is 6.08 Å². The number of carbonyl (C=O) groups is 1. The van der Waals surface area contributed by atoms with Crippen molar-refractivity contribution in [2.75, 3.05) is 11.5 Å². The van der Waals surface area contributed by atoms with E-state index in [1.807, 2.05) is 0 Å². The van der Waals surface area contributed by atoms with Gasteiger partial charge in [0.15, 0.2) is 9.84 Å². The molecule has 116 valence electrons. The molecule has 0 aliphatic carbocycles. The minimum Gasteiger partial charge on any atom is -0.289 e. The number of sulfone groups is 1. The zero-order valence-electron chi connectivity index (χ0n) is 11.4. The maximum atomic E-state index is 13.2. The zero-order valence-corrected chi connectivity index (χ0v) is 13.8. The van der Waals surface area contributed by atoms with Gasteiger partial charge in [0.25, 0.3) is 5.91 Å². The topological polar surface area (TPSA) is 54.5 Å². The van der Waals surface area contributed by atoms with Crippen LogP contribution in [0.2, 0.25) is 0 Å². The third-order valence-electron chi connectivity index (χ3n) is 3.54. The zero-order chi connectivity index (χ0) is 15.9. The molecular weight excluding hydrogens is 345 g/mol. The average Bonchev–Trinajstić information content (AvgIpc) is 2.90. The summed E-state index contributed by atoms with van der Waals surface area (Å²) >= 11 is 6.33. The van der Waals surface area contributed by atoms with Gasteiger partial charge in [-0.3, -0.25) is 9.69 Å². The predicted octanol–water partition coefficient (Wildman–Crippen LogP) is 2.21. The van der Waals surface area contributed by atoms with Crippen molar-refractivity contribution >= 4 is 50.1 Å². The van der Waals surface area contributed by atoms with Crippen molar-refractivity contribution in [2.24, 2.45) is 0 Å². The monoisotopic (exact) mass is 357 g/mol. The number of halogens is 1. The van der Waals surface area contributed by atoms with Crippen LogP contribution in [-0.4, -0.2) is 41.1 Å². The molecule has 3 rings (SSSR count). The Balaban J connectivity index is 1.86. The summed E-state index contributed by atoms with van der Waals surface area (Å²) in [4.78, 5) is 14.2. The maximum Gasteiger partial charge on any atom is 0.266 e. The Bertz CT molecular complexity index is 788. The summed E-state index contributed by atoms with van der Waals surface area (Å²) in [6, 6.07) is 5.51. The van der Waals surface area contributed by atoms with Gasteiger partial charge in [-0.05, 0) is 30.2 Å². The van der Waals surface area contributed by atoms with Gasteiger partial charge in [-0.15, -0.1) is 0 Å². The first-order valence-corrected chi connectivity index (χ1v) is 9.63. The van der Waals surface area contributed by atoms with Gasteiger partial charge in [-0.2, -0.15) is 0 Å². The largest absolute Gasteiger partial charge is 0.289 e. The molecule has 8 heteroatoms. The Hall–Kier alpha value is -1.25. The Morgan fingerprint density at radius 3 is 2.82 bits per heavy atom. The van der Waals surface area contributed by atoms with Crippen LogP contribution >= 0.6 is 24.0 Å². The number of rotatable bonds is 2. The molecule has 0 spiro atoms. The second-order valence-electron chi connectivity index (χ2n) is 5.16. The van der Waals surface area contributed by atoms with Crippen molar-refractivity contribution < 1.29 is 17.6 Å². The van der Waals surface area contributed by atoms with Gasteiger partial charge < -0.3 is 0 Å². The molecule has 1 amide bonds. The van der Waals surface area contributed by atoms with Crippen molar-refractivity contribution in [3.05, 3.63) is 40.6 Å². The van der Waals surface area contributed by atoms with Crippen LogP contribution in [0, 0.1) is 5.82 Å². The van der Waals surface area contributed by atoms with E-state index in [4.69, 9.17) is 12.2 Å². The number of hydrogen-bond donors (Lipinski definition) is 0. The van der Waals surface area contributed by atoms with E-state index in [1.165, 1.54) is 17.0 Å². The highest BCUT2D eigenvalue weighted by Crippen LogP contribution is 2.36. The molecule has 0 N–H and O–H groups in total. The second-order valence-corrected chi connectivity index (χ2v) is 9.07. The highest BCUT2D eigenvalue weighted by Gasteiger charge is 2.42. The van der Waals surface area contributed by atoms with Crippen LogP contribution in [0.3, 0.4) is 0 Å². The van der Waals surface area contributed by atoms with Crippen LogP contribution in [-0.2, 0) is 14.6 Å². The lowest BCUT2D eigenvalue weighted by Gasteiger charge is -2.20. The van der Waals surface area contributed by atoms with Gasteiger partial charge in [0, 0.05) is 0 Å². The number of thioether (sulfide) groups is 1. The van der Waals surface area contributed by atoms with Crippen LogP contribution in [0.15, 0.2) is 29.2 Å². The molecule has 1 aromatic carbocycles. The smallest absolute Gasteiger partial charge is 0.266 e. The molecule has 2 fully saturated rings. The van der Waals surface area contributed by atoms with E-state index < -0.39 is 15.9 Å². The number of nitrogens with zero attached hydrogens (tertiary/aromatic N) is 1. The van der Waals surface area contributed by atoms with Gasteiger partial charge in [0.05, 0.1) is 22.5 Å². The van der Waals surface area contributed by atoms with E-state index in [0.29, 0.717) is 21.2 Å². The lowest BCUT2D eigenvalue weighted by molar-refractivity contribution is -0.123. The first kappa shape index (κ1) is 15.6. The van der Waals surface area contributed by atoms with Crippen molar-refractivity contribution in [1.29, 1.82) is 0 Å².